The lowest BCUT2D eigenvalue weighted by atomic mass is 9.87. The van der Waals surface area contributed by atoms with Gasteiger partial charge in [-0.1, -0.05) is 20.8 Å². The Morgan fingerprint density at radius 3 is 2.67 bits per heavy atom. The molecule has 3 heteroatoms. The molecule has 0 fully saturated rings. The Morgan fingerprint density at radius 1 is 1.58 bits per heavy atom. The summed E-state index contributed by atoms with van der Waals surface area (Å²) in [5.74, 6) is 0.845. The highest BCUT2D eigenvalue weighted by molar-refractivity contribution is 4.91. The minimum Gasteiger partial charge on any atom is -0.392 e. The van der Waals surface area contributed by atoms with Crippen LogP contribution in [0.5, 0.6) is 0 Å². The predicted octanol–water partition coefficient (Wildman–Crippen LogP) is 1.36. The van der Waals surface area contributed by atoms with Crippen LogP contribution in [0.25, 0.3) is 0 Å². The van der Waals surface area contributed by atoms with E-state index >= 15 is 0 Å². The zero-order chi connectivity index (χ0) is 9.19. The summed E-state index contributed by atoms with van der Waals surface area (Å²) in [6, 6.07) is 0. The quantitative estimate of drug-likeness (QED) is 0.700. The molecule has 0 saturated carbocycles. The lowest BCUT2D eigenvalue weighted by molar-refractivity contribution is 0.0620. The predicted molar refractivity (Wildman–Crippen MR) is 47.8 cm³/mol. The Balaban J connectivity index is 2.53. The number of aromatic nitrogens is 2. The first kappa shape index (κ1) is 9.26. The van der Waals surface area contributed by atoms with Crippen molar-refractivity contribution >= 4 is 0 Å². The molecular formula is C9H16N2O. The largest absolute Gasteiger partial charge is 0.392 e. The molecule has 1 unspecified atom stereocenters. The van der Waals surface area contributed by atoms with Crippen LogP contribution in [0.3, 0.4) is 0 Å². The van der Waals surface area contributed by atoms with Gasteiger partial charge in [0.1, 0.15) is 5.82 Å². The van der Waals surface area contributed by atoms with Crippen LogP contribution >= 0.6 is 0 Å². The van der Waals surface area contributed by atoms with Crippen molar-refractivity contribution in [2.75, 3.05) is 0 Å². The van der Waals surface area contributed by atoms with Crippen LogP contribution < -0.4 is 0 Å². The highest BCUT2D eigenvalue weighted by atomic mass is 16.3. The highest BCUT2D eigenvalue weighted by Crippen LogP contribution is 2.20. The van der Waals surface area contributed by atoms with Gasteiger partial charge in [0.2, 0.25) is 0 Å². The molecular weight excluding hydrogens is 152 g/mol. The van der Waals surface area contributed by atoms with Gasteiger partial charge in [-0.3, -0.25) is 0 Å². The lowest BCUT2D eigenvalue weighted by Crippen LogP contribution is -2.28. The highest BCUT2D eigenvalue weighted by Gasteiger charge is 2.22. The Bertz CT molecular complexity index is 223. The van der Waals surface area contributed by atoms with E-state index in [1.54, 1.807) is 12.4 Å². The topological polar surface area (TPSA) is 48.9 Å². The second-order valence-corrected chi connectivity index (χ2v) is 4.12. The van der Waals surface area contributed by atoms with Gasteiger partial charge in [0.25, 0.3) is 0 Å². The molecule has 68 valence electrons. The van der Waals surface area contributed by atoms with Crippen LogP contribution in [0.2, 0.25) is 0 Å². The summed E-state index contributed by atoms with van der Waals surface area (Å²) in [5, 5.41) is 9.70. The van der Waals surface area contributed by atoms with Crippen LogP contribution in [0, 0.1) is 5.41 Å². The van der Waals surface area contributed by atoms with E-state index in [1.807, 2.05) is 20.8 Å². The first-order valence-corrected chi connectivity index (χ1v) is 4.16. The van der Waals surface area contributed by atoms with Crippen molar-refractivity contribution in [1.82, 2.24) is 9.97 Å². The van der Waals surface area contributed by atoms with E-state index in [9.17, 15) is 5.11 Å². The van der Waals surface area contributed by atoms with Gasteiger partial charge in [-0.25, -0.2) is 4.98 Å². The monoisotopic (exact) mass is 168 g/mol. The molecule has 2 N–H and O–H groups in total. The molecule has 12 heavy (non-hydrogen) atoms. The number of imidazole rings is 1. The number of aromatic amines is 1. The van der Waals surface area contributed by atoms with Gasteiger partial charge in [0.05, 0.1) is 6.10 Å². The molecule has 0 spiro atoms. The summed E-state index contributed by atoms with van der Waals surface area (Å²) in [6.45, 7) is 6.04. The average Bonchev–Trinajstić information content (AvgIpc) is 2.37. The summed E-state index contributed by atoms with van der Waals surface area (Å²) in [4.78, 5) is 7.02. The van der Waals surface area contributed by atoms with E-state index in [2.05, 4.69) is 9.97 Å². The van der Waals surface area contributed by atoms with E-state index < -0.39 is 0 Å². The number of hydrogen-bond acceptors (Lipinski definition) is 2. The third-order valence-electron chi connectivity index (χ3n) is 1.94. The van der Waals surface area contributed by atoms with Crippen molar-refractivity contribution in [2.45, 2.75) is 33.3 Å². The van der Waals surface area contributed by atoms with Crippen LogP contribution in [0.1, 0.15) is 26.6 Å². The number of H-pyrrole nitrogens is 1. The molecule has 3 nitrogen and oxygen atoms in total. The number of rotatable bonds is 2. The summed E-state index contributed by atoms with van der Waals surface area (Å²) < 4.78 is 0. The molecule has 1 heterocycles. The summed E-state index contributed by atoms with van der Waals surface area (Å²) in [6.07, 6.45) is 3.72. The number of aliphatic hydroxyl groups is 1. The van der Waals surface area contributed by atoms with Gasteiger partial charge in [-0.15, -0.1) is 0 Å². The van der Waals surface area contributed by atoms with E-state index in [4.69, 9.17) is 0 Å². The number of aliphatic hydroxyl groups excluding tert-OH is 1. The fourth-order valence-electron chi connectivity index (χ4n) is 0.899. The molecule has 0 aliphatic rings. The molecule has 0 aliphatic carbocycles. The maximum absolute atomic E-state index is 9.70. The number of nitrogens with zero attached hydrogens (tertiary/aromatic N) is 1. The van der Waals surface area contributed by atoms with Gasteiger partial charge < -0.3 is 10.1 Å². The van der Waals surface area contributed by atoms with Gasteiger partial charge in [-0.05, 0) is 5.41 Å². The van der Waals surface area contributed by atoms with Crippen molar-refractivity contribution in [3.8, 4) is 0 Å². The molecule has 0 amide bonds. The number of hydrogen-bond donors (Lipinski definition) is 2. The van der Waals surface area contributed by atoms with E-state index in [0.717, 1.165) is 5.82 Å². The maximum atomic E-state index is 9.70. The second kappa shape index (κ2) is 3.27. The Kier molecular flexibility index (Phi) is 2.52. The average molecular weight is 168 g/mol. The lowest BCUT2D eigenvalue weighted by Gasteiger charge is -2.24. The molecule has 1 aromatic rings. The Hall–Kier alpha value is -0.830. The normalized spacial score (nSPS) is 14.7. The standard InChI is InChI=1S/C9H16N2O/c1-9(2,3)7(12)6-8-10-4-5-11-8/h4-5,7,12H,6H2,1-3H3,(H,10,11). The zero-order valence-corrected chi connectivity index (χ0v) is 7.83. The van der Waals surface area contributed by atoms with Gasteiger partial charge in [0.15, 0.2) is 0 Å². The summed E-state index contributed by atoms with van der Waals surface area (Å²) in [5.41, 5.74) is -0.0766. The van der Waals surface area contributed by atoms with Crippen LogP contribution in [-0.2, 0) is 6.42 Å². The molecule has 1 atom stereocenters. The minimum atomic E-state index is -0.344. The molecule has 0 bridgehead atoms. The van der Waals surface area contributed by atoms with Crippen molar-refractivity contribution < 1.29 is 5.11 Å². The second-order valence-electron chi connectivity index (χ2n) is 4.12. The maximum Gasteiger partial charge on any atom is 0.108 e. The van der Waals surface area contributed by atoms with Crippen molar-refractivity contribution in [3.05, 3.63) is 18.2 Å². The SMILES string of the molecule is CC(C)(C)C(O)Cc1ncc[nH]1. The van der Waals surface area contributed by atoms with Gasteiger partial charge in [0, 0.05) is 18.8 Å². The molecule has 0 aromatic carbocycles. The first-order chi connectivity index (χ1) is 5.50. The third-order valence-corrected chi connectivity index (χ3v) is 1.94. The number of nitrogens with one attached hydrogen (secondary N) is 1. The third kappa shape index (κ3) is 2.34. The summed E-state index contributed by atoms with van der Waals surface area (Å²) in [7, 11) is 0. The van der Waals surface area contributed by atoms with Crippen LogP contribution in [0.15, 0.2) is 12.4 Å². The van der Waals surface area contributed by atoms with E-state index in [1.165, 1.54) is 0 Å². The van der Waals surface area contributed by atoms with Gasteiger partial charge >= 0.3 is 0 Å². The van der Waals surface area contributed by atoms with Crippen molar-refractivity contribution in [2.24, 2.45) is 5.41 Å². The minimum absolute atomic E-state index is 0.0766. The van der Waals surface area contributed by atoms with Gasteiger partial charge in [-0.2, -0.15) is 0 Å². The summed E-state index contributed by atoms with van der Waals surface area (Å²) >= 11 is 0. The van der Waals surface area contributed by atoms with Crippen LogP contribution in [-0.4, -0.2) is 21.2 Å². The van der Waals surface area contributed by atoms with Crippen molar-refractivity contribution in [1.29, 1.82) is 0 Å². The molecule has 1 rings (SSSR count). The van der Waals surface area contributed by atoms with Crippen molar-refractivity contribution in [3.63, 3.8) is 0 Å². The fraction of sp³-hybridized carbons (Fsp3) is 0.667. The zero-order valence-electron chi connectivity index (χ0n) is 7.83. The molecule has 1 aromatic heterocycles. The Morgan fingerprint density at radius 2 is 2.25 bits per heavy atom. The van der Waals surface area contributed by atoms with E-state index in [-0.39, 0.29) is 11.5 Å². The molecule has 0 aliphatic heterocycles. The fourth-order valence-corrected chi connectivity index (χ4v) is 0.899. The Labute approximate surface area is 72.8 Å². The van der Waals surface area contributed by atoms with E-state index in [0.29, 0.717) is 6.42 Å². The molecule has 0 radical (unpaired) electrons. The first-order valence-electron chi connectivity index (χ1n) is 4.16. The molecule has 0 saturated heterocycles. The van der Waals surface area contributed by atoms with Crippen LogP contribution in [0.4, 0.5) is 0 Å². The smallest absolute Gasteiger partial charge is 0.108 e.